The van der Waals surface area contributed by atoms with Crippen molar-refractivity contribution in [3.8, 4) is 11.8 Å². The van der Waals surface area contributed by atoms with Crippen LogP contribution in [0.15, 0.2) is 30.5 Å². The van der Waals surface area contributed by atoms with Crippen LogP contribution in [0.3, 0.4) is 0 Å². The molecule has 31 heavy (non-hydrogen) atoms. The zero-order valence-corrected chi connectivity index (χ0v) is 19.2. The number of fused-ring (bicyclic) bond motifs is 2. The van der Waals surface area contributed by atoms with E-state index in [1.54, 1.807) is 0 Å². The quantitative estimate of drug-likeness (QED) is 0.472. The van der Waals surface area contributed by atoms with Crippen LogP contribution in [0.4, 0.5) is 0 Å². The van der Waals surface area contributed by atoms with Crippen molar-refractivity contribution in [3.05, 3.63) is 52.8 Å². The number of aliphatic hydroxyl groups excluding tert-OH is 1. The number of nitriles is 1. The lowest BCUT2D eigenvalue weighted by molar-refractivity contribution is 0.0873. The summed E-state index contributed by atoms with van der Waals surface area (Å²) in [5, 5.41) is 19.9. The first-order chi connectivity index (χ1) is 15.0. The van der Waals surface area contributed by atoms with Crippen molar-refractivity contribution in [2.75, 3.05) is 18.6 Å². The second-order valence-electron chi connectivity index (χ2n) is 8.79. The van der Waals surface area contributed by atoms with Gasteiger partial charge in [-0.25, -0.2) is 0 Å². The number of aromatic nitrogens is 1. The largest absolute Gasteiger partial charge is 0.391 e. The molecule has 5 nitrogen and oxygen atoms in total. The van der Waals surface area contributed by atoms with Crippen molar-refractivity contribution < 1.29 is 9.90 Å². The number of ketones is 1. The summed E-state index contributed by atoms with van der Waals surface area (Å²) >= 11 is 1.87. The maximum Gasteiger partial charge on any atom is 0.177 e. The normalized spacial score (nSPS) is 22.7. The molecular weight excluding hydrogens is 406 g/mol. The van der Waals surface area contributed by atoms with Crippen molar-refractivity contribution in [2.24, 2.45) is 0 Å². The predicted octanol–water partition coefficient (Wildman–Crippen LogP) is 4.12. The van der Waals surface area contributed by atoms with Crippen LogP contribution < -0.4 is 0 Å². The van der Waals surface area contributed by atoms with Gasteiger partial charge in [-0.2, -0.15) is 17.0 Å². The molecule has 1 aromatic heterocycles. The second kappa shape index (κ2) is 9.60. The van der Waals surface area contributed by atoms with E-state index in [4.69, 9.17) is 0 Å². The van der Waals surface area contributed by atoms with Gasteiger partial charge in [0.05, 0.1) is 24.3 Å². The summed E-state index contributed by atoms with van der Waals surface area (Å²) in [6.45, 7) is 2.18. The van der Waals surface area contributed by atoms with Gasteiger partial charge in [-0.05, 0) is 87.3 Å². The van der Waals surface area contributed by atoms with E-state index in [1.807, 2.05) is 43.1 Å². The van der Waals surface area contributed by atoms with E-state index < -0.39 is 0 Å². The number of rotatable bonds is 9. The third-order valence-electron chi connectivity index (χ3n) is 6.93. The highest BCUT2D eigenvalue weighted by Crippen LogP contribution is 2.37. The first-order valence-corrected chi connectivity index (χ1v) is 12.6. The van der Waals surface area contributed by atoms with Gasteiger partial charge < -0.3 is 9.67 Å². The Balaban J connectivity index is 1.59. The van der Waals surface area contributed by atoms with Crippen LogP contribution in [-0.4, -0.2) is 57.1 Å². The summed E-state index contributed by atoms with van der Waals surface area (Å²) < 4.78 is 2.11. The van der Waals surface area contributed by atoms with E-state index >= 15 is 0 Å². The number of hydrogen-bond acceptors (Lipinski definition) is 5. The van der Waals surface area contributed by atoms with Crippen LogP contribution in [0.5, 0.6) is 0 Å². The Hall–Kier alpha value is -2.07. The zero-order chi connectivity index (χ0) is 22.0. The third kappa shape index (κ3) is 4.45. The molecule has 4 rings (SSSR count). The summed E-state index contributed by atoms with van der Waals surface area (Å²) in [4.78, 5) is 15.5. The molecule has 2 bridgehead atoms. The van der Waals surface area contributed by atoms with Crippen molar-refractivity contribution in [3.63, 3.8) is 0 Å². The van der Waals surface area contributed by atoms with Crippen LogP contribution in [-0.2, 0) is 6.42 Å². The Labute approximate surface area is 189 Å². The molecule has 0 aliphatic carbocycles. The maximum absolute atomic E-state index is 13.3. The SMILES string of the molecule is CSCCCCc1cccn1-c1cc(C#N)c(C)c(C(=O)CN2C3CCC2[C@H](O)C3)c1. The Morgan fingerprint density at radius 3 is 2.84 bits per heavy atom. The van der Waals surface area contributed by atoms with Crippen LogP contribution in [0.1, 0.15) is 59.3 Å². The summed E-state index contributed by atoms with van der Waals surface area (Å²) in [5.41, 5.74) is 3.99. The van der Waals surface area contributed by atoms with Crippen molar-refractivity contribution >= 4 is 17.5 Å². The van der Waals surface area contributed by atoms with Gasteiger partial charge in [-0.15, -0.1) is 0 Å². The number of benzene rings is 1. The number of nitrogens with zero attached hydrogens (tertiary/aromatic N) is 3. The Morgan fingerprint density at radius 1 is 1.32 bits per heavy atom. The van der Waals surface area contributed by atoms with E-state index in [2.05, 4.69) is 27.9 Å². The summed E-state index contributed by atoms with van der Waals surface area (Å²) in [6.07, 6.45) is 9.89. The van der Waals surface area contributed by atoms with Crippen LogP contribution >= 0.6 is 11.8 Å². The topological polar surface area (TPSA) is 69.3 Å². The van der Waals surface area contributed by atoms with Gasteiger partial charge in [-0.3, -0.25) is 9.69 Å². The van der Waals surface area contributed by atoms with E-state index in [0.29, 0.717) is 23.7 Å². The Kier molecular flexibility index (Phi) is 6.86. The molecule has 3 heterocycles. The van der Waals surface area contributed by atoms with E-state index in [1.165, 1.54) is 12.1 Å². The number of carbonyl (C=O) groups is 1. The van der Waals surface area contributed by atoms with Gasteiger partial charge in [0, 0.05) is 35.2 Å². The van der Waals surface area contributed by atoms with Gasteiger partial charge >= 0.3 is 0 Å². The average Bonchev–Trinajstić information content (AvgIpc) is 3.46. The van der Waals surface area contributed by atoms with Crippen LogP contribution in [0.2, 0.25) is 0 Å². The smallest absolute Gasteiger partial charge is 0.177 e. The maximum atomic E-state index is 13.3. The molecule has 0 spiro atoms. The fourth-order valence-electron chi connectivity index (χ4n) is 5.23. The lowest BCUT2D eigenvalue weighted by Gasteiger charge is -2.22. The molecule has 0 radical (unpaired) electrons. The molecule has 164 valence electrons. The van der Waals surface area contributed by atoms with Gasteiger partial charge in [0.1, 0.15) is 0 Å². The molecule has 2 aliphatic heterocycles. The molecule has 2 saturated heterocycles. The highest BCUT2D eigenvalue weighted by molar-refractivity contribution is 7.98. The van der Waals surface area contributed by atoms with Crippen LogP contribution in [0.25, 0.3) is 5.69 Å². The lowest BCUT2D eigenvalue weighted by Crippen LogP contribution is -2.36. The third-order valence-corrected chi connectivity index (χ3v) is 7.63. The highest BCUT2D eigenvalue weighted by atomic mass is 32.2. The number of thioether (sulfide) groups is 1. The van der Waals surface area contributed by atoms with Gasteiger partial charge in [0.15, 0.2) is 5.78 Å². The summed E-state index contributed by atoms with van der Waals surface area (Å²) in [5.74, 6) is 1.20. The van der Waals surface area contributed by atoms with Crippen molar-refractivity contribution in [1.82, 2.24) is 9.47 Å². The molecule has 1 N–H and O–H groups in total. The zero-order valence-electron chi connectivity index (χ0n) is 18.4. The van der Waals surface area contributed by atoms with Crippen molar-refractivity contribution in [2.45, 2.75) is 63.6 Å². The number of aryl methyl sites for hydroxylation is 1. The number of carbonyl (C=O) groups excluding carboxylic acids is 1. The molecule has 0 saturated carbocycles. The molecule has 2 aromatic rings. The number of unbranched alkanes of at least 4 members (excludes halogenated alkanes) is 1. The lowest BCUT2D eigenvalue weighted by atomic mass is 9.98. The number of Topliss-reactive ketones (excluding diaryl/α,β-unsaturated/α-hetero) is 1. The molecule has 3 atom stereocenters. The highest BCUT2D eigenvalue weighted by Gasteiger charge is 2.46. The fourth-order valence-corrected chi connectivity index (χ4v) is 5.73. The van der Waals surface area contributed by atoms with Crippen LogP contribution in [0, 0.1) is 18.3 Å². The van der Waals surface area contributed by atoms with E-state index in [9.17, 15) is 15.2 Å². The Morgan fingerprint density at radius 2 is 2.16 bits per heavy atom. The van der Waals surface area contributed by atoms with E-state index in [-0.39, 0.29) is 17.9 Å². The molecule has 2 aliphatic rings. The molecule has 1 aromatic carbocycles. The minimum atomic E-state index is -0.317. The monoisotopic (exact) mass is 437 g/mol. The first kappa shape index (κ1) is 22.1. The predicted molar refractivity (Wildman–Crippen MR) is 125 cm³/mol. The second-order valence-corrected chi connectivity index (χ2v) is 9.78. The molecular formula is C25H31N3O2S. The first-order valence-electron chi connectivity index (χ1n) is 11.2. The van der Waals surface area contributed by atoms with Crippen molar-refractivity contribution in [1.29, 1.82) is 5.26 Å². The fraction of sp³-hybridized carbons (Fsp3) is 0.520. The van der Waals surface area contributed by atoms with Gasteiger partial charge in [0.2, 0.25) is 0 Å². The molecule has 0 amide bonds. The molecule has 6 heteroatoms. The minimum absolute atomic E-state index is 0.0375. The average molecular weight is 438 g/mol. The Bertz CT molecular complexity index is 993. The summed E-state index contributed by atoms with van der Waals surface area (Å²) in [6, 6.07) is 10.7. The standard InChI is InChI=1S/C25H31N3O2S/c1-17-18(15-26)12-21(27-10-5-7-19(27)6-3-4-11-31-2)13-22(17)25(30)16-28-20-8-9-23(28)24(29)14-20/h5,7,10,12-13,20,23-24,29H,3-4,6,8-9,11,14,16H2,1-2H3/t20?,23?,24-/m1/s1. The van der Waals surface area contributed by atoms with E-state index in [0.717, 1.165) is 49.1 Å². The minimum Gasteiger partial charge on any atom is -0.391 e. The number of aliphatic hydroxyl groups is 1. The summed E-state index contributed by atoms with van der Waals surface area (Å²) in [7, 11) is 0. The molecule has 2 unspecified atom stereocenters. The van der Waals surface area contributed by atoms with Gasteiger partial charge in [0.25, 0.3) is 0 Å². The number of hydrogen-bond donors (Lipinski definition) is 1. The molecule has 2 fully saturated rings. The van der Waals surface area contributed by atoms with Gasteiger partial charge in [-0.1, -0.05) is 0 Å².